The third-order valence-electron chi connectivity index (χ3n) is 9.13. The highest BCUT2D eigenvalue weighted by atomic mass is 16.5. The van der Waals surface area contributed by atoms with Gasteiger partial charge in [-0.25, -0.2) is 0 Å². The third kappa shape index (κ3) is 6.54. The number of benzene rings is 6. The summed E-state index contributed by atoms with van der Waals surface area (Å²) in [5.41, 5.74) is 10.6. The Labute approximate surface area is 291 Å². The van der Waals surface area contributed by atoms with Crippen LogP contribution < -0.4 is 9.47 Å². The molecular weight excluding hydrogens is 601 g/mol. The molecule has 49 heavy (non-hydrogen) atoms. The number of carbonyl (C=O) groups excluding carboxylic acids is 1. The predicted octanol–water partition coefficient (Wildman–Crippen LogP) is 11.8. The molecule has 3 heteroatoms. The lowest BCUT2D eigenvalue weighted by Gasteiger charge is -2.34. The Morgan fingerprint density at radius 2 is 0.857 bits per heavy atom. The second-order valence-electron chi connectivity index (χ2n) is 14.6. The fourth-order valence-electron chi connectivity index (χ4n) is 6.94. The van der Waals surface area contributed by atoms with E-state index in [0.717, 1.165) is 17.2 Å². The Morgan fingerprint density at radius 1 is 0.469 bits per heavy atom. The van der Waals surface area contributed by atoms with Gasteiger partial charge in [0.2, 0.25) is 0 Å². The molecule has 0 spiro atoms. The van der Waals surface area contributed by atoms with Gasteiger partial charge in [-0.15, -0.1) is 0 Å². The number of hydrogen-bond acceptors (Lipinski definition) is 3. The topological polar surface area (TPSA) is 35.5 Å². The second kappa shape index (κ2) is 13.2. The lowest BCUT2D eigenvalue weighted by molar-refractivity contribution is -0.0980. The van der Waals surface area contributed by atoms with Crippen molar-refractivity contribution in [3.63, 3.8) is 0 Å². The molecule has 0 aliphatic heterocycles. The molecule has 7 rings (SSSR count). The summed E-state index contributed by atoms with van der Waals surface area (Å²) in [6.45, 7) is 15.0. The van der Waals surface area contributed by atoms with Crippen LogP contribution in [0.4, 0.5) is 0 Å². The van der Waals surface area contributed by atoms with Gasteiger partial charge in [0.25, 0.3) is 0 Å². The first-order chi connectivity index (χ1) is 23.5. The van der Waals surface area contributed by atoms with Crippen molar-refractivity contribution in [3.8, 4) is 39.5 Å². The summed E-state index contributed by atoms with van der Waals surface area (Å²) < 4.78 is 12.6. The van der Waals surface area contributed by atoms with E-state index < -0.39 is 5.41 Å². The maximum Gasteiger partial charge on any atom is 0.127 e. The molecule has 0 bridgehead atoms. The molecule has 1 aliphatic rings. The van der Waals surface area contributed by atoms with E-state index in [2.05, 4.69) is 175 Å². The average Bonchev–Trinajstić information content (AvgIpc) is 3.40. The van der Waals surface area contributed by atoms with E-state index in [0.29, 0.717) is 0 Å². The van der Waals surface area contributed by atoms with Gasteiger partial charge in [-0.1, -0.05) is 130 Å². The van der Waals surface area contributed by atoms with Crippen LogP contribution >= 0.6 is 0 Å². The van der Waals surface area contributed by atoms with Gasteiger partial charge in [0.05, 0.1) is 5.41 Å². The summed E-state index contributed by atoms with van der Waals surface area (Å²) >= 11 is 0. The standard InChI is InChI=1S/C45H42O2.CH2O/c1-43(2,3)33-19-15-31(16-20-33)32-17-25-36(26-18-32)46-37-27-21-34(22-28-37)45(35-23-29-38(30-24-35)47-44(4,5)6)41-13-9-7-11-39(41)40-12-8-10-14-42(40)45;1-2/h7-30H,1-6H3;1H2. The van der Waals surface area contributed by atoms with Crippen LogP contribution in [0.1, 0.15) is 69.4 Å². The predicted molar refractivity (Wildman–Crippen MR) is 202 cm³/mol. The van der Waals surface area contributed by atoms with E-state index in [1.165, 1.54) is 50.1 Å². The highest BCUT2D eigenvalue weighted by Gasteiger charge is 2.45. The maximum atomic E-state index is 8.00. The normalized spacial score (nSPS) is 13.0. The van der Waals surface area contributed by atoms with Gasteiger partial charge in [-0.2, -0.15) is 0 Å². The Hall–Kier alpha value is -5.41. The molecule has 1 aliphatic carbocycles. The van der Waals surface area contributed by atoms with Gasteiger partial charge in [0.1, 0.15) is 29.6 Å². The summed E-state index contributed by atoms with van der Waals surface area (Å²) in [4.78, 5) is 8.00. The molecule has 0 fully saturated rings. The van der Waals surface area contributed by atoms with Crippen LogP contribution in [0, 0.1) is 0 Å². The minimum absolute atomic E-state index is 0.141. The molecule has 0 saturated carbocycles. The summed E-state index contributed by atoms with van der Waals surface area (Å²) in [5.74, 6) is 2.49. The van der Waals surface area contributed by atoms with Crippen molar-refractivity contribution in [1.29, 1.82) is 0 Å². The molecule has 6 aromatic carbocycles. The number of fused-ring (bicyclic) bond motifs is 3. The summed E-state index contributed by atoms with van der Waals surface area (Å²) in [6, 6.07) is 52.1. The van der Waals surface area contributed by atoms with Gasteiger partial charge in [-0.05, 0) is 113 Å². The monoisotopic (exact) mass is 644 g/mol. The largest absolute Gasteiger partial charge is 0.488 e. The molecule has 0 heterocycles. The van der Waals surface area contributed by atoms with Crippen molar-refractivity contribution in [2.45, 2.75) is 58.0 Å². The zero-order chi connectivity index (χ0) is 34.8. The van der Waals surface area contributed by atoms with Gasteiger partial charge < -0.3 is 14.3 Å². The van der Waals surface area contributed by atoms with Crippen LogP contribution in [0.3, 0.4) is 0 Å². The molecule has 0 amide bonds. The molecule has 0 unspecified atom stereocenters. The van der Waals surface area contributed by atoms with Crippen molar-refractivity contribution in [3.05, 3.63) is 173 Å². The van der Waals surface area contributed by atoms with Crippen molar-refractivity contribution in [2.75, 3.05) is 0 Å². The van der Waals surface area contributed by atoms with Gasteiger partial charge in [0.15, 0.2) is 0 Å². The van der Waals surface area contributed by atoms with Crippen molar-refractivity contribution < 1.29 is 14.3 Å². The molecule has 0 aromatic heterocycles. The highest BCUT2D eigenvalue weighted by Crippen LogP contribution is 2.56. The molecule has 0 saturated heterocycles. The Balaban J connectivity index is 0.00000205. The number of carbonyl (C=O) groups is 1. The molecule has 246 valence electrons. The summed E-state index contributed by atoms with van der Waals surface area (Å²) in [5, 5.41) is 0. The quantitative estimate of drug-likeness (QED) is 0.181. The molecule has 0 atom stereocenters. The molecular formula is C46H44O3. The van der Waals surface area contributed by atoms with Crippen LogP contribution in [0.15, 0.2) is 146 Å². The Bertz CT molecular complexity index is 1980. The van der Waals surface area contributed by atoms with E-state index in [1.807, 2.05) is 18.9 Å². The number of ether oxygens (including phenoxy) is 2. The van der Waals surface area contributed by atoms with E-state index in [4.69, 9.17) is 14.3 Å². The van der Waals surface area contributed by atoms with Crippen molar-refractivity contribution in [1.82, 2.24) is 0 Å². The van der Waals surface area contributed by atoms with E-state index in [-0.39, 0.29) is 11.0 Å². The second-order valence-corrected chi connectivity index (χ2v) is 14.6. The molecule has 6 aromatic rings. The van der Waals surface area contributed by atoms with Crippen molar-refractivity contribution >= 4 is 6.79 Å². The molecule has 0 N–H and O–H groups in total. The van der Waals surface area contributed by atoms with Crippen LogP contribution in [0.5, 0.6) is 17.2 Å². The van der Waals surface area contributed by atoms with Gasteiger partial charge in [0, 0.05) is 0 Å². The zero-order valence-electron chi connectivity index (χ0n) is 29.3. The lowest BCUT2D eigenvalue weighted by atomic mass is 9.68. The third-order valence-corrected chi connectivity index (χ3v) is 9.13. The van der Waals surface area contributed by atoms with Crippen LogP contribution in [-0.4, -0.2) is 12.4 Å². The summed E-state index contributed by atoms with van der Waals surface area (Å²) in [7, 11) is 0. The zero-order valence-corrected chi connectivity index (χ0v) is 29.3. The first-order valence-corrected chi connectivity index (χ1v) is 16.8. The smallest absolute Gasteiger partial charge is 0.127 e. The van der Waals surface area contributed by atoms with E-state index in [1.54, 1.807) is 0 Å². The average molecular weight is 645 g/mol. The lowest BCUT2D eigenvalue weighted by Crippen LogP contribution is -2.28. The fourth-order valence-corrected chi connectivity index (χ4v) is 6.94. The number of rotatable bonds is 6. The van der Waals surface area contributed by atoms with Crippen LogP contribution in [0.2, 0.25) is 0 Å². The van der Waals surface area contributed by atoms with Crippen molar-refractivity contribution in [2.24, 2.45) is 0 Å². The SMILES string of the molecule is C=O.CC(C)(C)Oc1ccc(C2(c3ccc(Oc4ccc(-c5ccc(C(C)(C)C)cc5)cc4)cc3)c3ccccc3-c3ccccc32)cc1. The first kappa shape index (κ1) is 33.5. The first-order valence-electron chi connectivity index (χ1n) is 16.8. The summed E-state index contributed by atoms with van der Waals surface area (Å²) in [6.07, 6.45) is 0. The van der Waals surface area contributed by atoms with Gasteiger partial charge in [-0.3, -0.25) is 0 Å². The highest BCUT2D eigenvalue weighted by molar-refractivity contribution is 5.86. The minimum atomic E-state index is -0.476. The van der Waals surface area contributed by atoms with Crippen LogP contribution in [0.25, 0.3) is 22.3 Å². The Morgan fingerprint density at radius 3 is 1.29 bits per heavy atom. The molecule has 3 nitrogen and oxygen atoms in total. The fraction of sp³-hybridized carbons (Fsp3) is 0.196. The van der Waals surface area contributed by atoms with Gasteiger partial charge >= 0.3 is 0 Å². The number of hydrogen-bond donors (Lipinski definition) is 0. The van der Waals surface area contributed by atoms with E-state index in [9.17, 15) is 0 Å². The van der Waals surface area contributed by atoms with E-state index >= 15 is 0 Å². The Kier molecular flexibility index (Phi) is 9.05. The van der Waals surface area contributed by atoms with Crippen LogP contribution in [-0.2, 0) is 15.6 Å². The minimum Gasteiger partial charge on any atom is -0.488 e. The molecule has 0 radical (unpaired) electrons. The maximum absolute atomic E-state index is 8.00.